The van der Waals surface area contributed by atoms with E-state index in [2.05, 4.69) is 20.3 Å². The summed E-state index contributed by atoms with van der Waals surface area (Å²) in [5.41, 5.74) is 0.862. The van der Waals surface area contributed by atoms with E-state index in [1.165, 1.54) is 19.6 Å². The third-order valence-electron chi connectivity index (χ3n) is 2.47. The van der Waals surface area contributed by atoms with Crippen molar-refractivity contribution in [3.8, 4) is 0 Å². The second kappa shape index (κ2) is 5.07. The number of nitrogens with one attached hydrogen (secondary N) is 1. The Balaban J connectivity index is 2.51. The number of rotatable bonds is 4. The number of nitrogens with zero attached hydrogens (tertiary/aromatic N) is 4. The maximum absolute atomic E-state index is 11.0. The molecular weight excluding hydrogens is 238 g/mol. The maximum atomic E-state index is 11.0. The van der Waals surface area contributed by atoms with Gasteiger partial charge in [0.05, 0.1) is 25.6 Å². The van der Waals surface area contributed by atoms with E-state index in [0.717, 1.165) is 0 Å². The van der Waals surface area contributed by atoms with Crippen molar-refractivity contribution in [3.05, 3.63) is 12.7 Å². The van der Waals surface area contributed by atoms with E-state index < -0.39 is 6.04 Å². The lowest BCUT2D eigenvalue weighted by atomic mass is 10.3. The molecule has 0 aliphatic rings. The average molecular weight is 251 g/mol. The lowest BCUT2D eigenvalue weighted by molar-refractivity contribution is -0.114. The Morgan fingerprint density at radius 1 is 1.39 bits per heavy atom. The Hall–Kier alpha value is -2.06. The Morgan fingerprint density at radius 3 is 2.72 bits per heavy atom. The molecule has 2 aromatic rings. The summed E-state index contributed by atoms with van der Waals surface area (Å²) in [5.74, 6) is 0.0475. The van der Waals surface area contributed by atoms with E-state index in [1.54, 1.807) is 4.57 Å². The smallest absolute Gasteiger partial charge is 0.222 e. The van der Waals surface area contributed by atoms with E-state index in [4.69, 9.17) is 10.2 Å². The average Bonchev–Trinajstić information content (AvgIpc) is 2.76. The number of hydrogen-bond acceptors (Lipinski definition) is 6. The van der Waals surface area contributed by atoms with Crippen molar-refractivity contribution in [2.24, 2.45) is 0 Å². The van der Waals surface area contributed by atoms with Gasteiger partial charge in [-0.05, 0) is 0 Å². The third-order valence-corrected chi connectivity index (χ3v) is 2.47. The van der Waals surface area contributed by atoms with Gasteiger partial charge in [0.1, 0.15) is 6.33 Å². The van der Waals surface area contributed by atoms with Crippen LogP contribution in [-0.4, -0.2) is 48.9 Å². The number of aliphatic hydroxyl groups excluding tert-OH is 2. The minimum absolute atomic E-state index is 0.235. The van der Waals surface area contributed by atoms with Gasteiger partial charge in [0.2, 0.25) is 5.91 Å². The number of aromatic nitrogens is 4. The molecule has 0 fully saturated rings. The van der Waals surface area contributed by atoms with Crippen LogP contribution < -0.4 is 5.32 Å². The highest BCUT2D eigenvalue weighted by Crippen LogP contribution is 2.20. The summed E-state index contributed by atoms with van der Waals surface area (Å²) in [7, 11) is 0. The van der Waals surface area contributed by atoms with Crippen LogP contribution in [0.25, 0.3) is 11.2 Å². The van der Waals surface area contributed by atoms with Crippen molar-refractivity contribution < 1.29 is 15.0 Å². The van der Waals surface area contributed by atoms with Gasteiger partial charge in [-0.3, -0.25) is 4.79 Å². The predicted octanol–water partition coefficient (Wildman–Crippen LogP) is -0.690. The topological polar surface area (TPSA) is 113 Å². The Kier molecular flexibility index (Phi) is 3.49. The Morgan fingerprint density at radius 2 is 2.11 bits per heavy atom. The zero-order chi connectivity index (χ0) is 13.1. The van der Waals surface area contributed by atoms with Crippen molar-refractivity contribution in [1.82, 2.24) is 19.5 Å². The first-order valence-electron chi connectivity index (χ1n) is 5.34. The molecule has 0 spiro atoms. The number of anilines is 1. The number of aliphatic hydroxyl groups is 2. The molecule has 18 heavy (non-hydrogen) atoms. The number of imidazole rings is 1. The summed E-state index contributed by atoms with van der Waals surface area (Å²) in [6, 6.07) is -0.518. The van der Waals surface area contributed by atoms with Gasteiger partial charge in [-0.2, -0.15) is 0 Å². The fraction of sp³-hybridized carbons (Fsp3) is 0.400. The SMILES string of the molecule is CC(=O)Nc1ncnc2c1ncn2C(CO)CO. The first-order chi connectivity index (χ1) is 8.67. The van der Waals surface area contributed by atoms with E-state index in [-0.39, 0.29) is 19.1 Å². The van der Waals surface area contributed by atoms with Gasteiger partial charge in [0, 0.05) is 6.92 Å². The van der Waals surface area contributed by atoms with Crippen LogP contribution in [0.5, 0.6) is 0 Å². The molecule has 0 saturated carbocycles. The van der Waals surface area contributed by atoms with Crippen LogP contribution in [0.4, 0.5) is 5.82 Å². The highest BCUT2D eigenvalue weighted by molar-refractivity contribution is 5.95. The van der Waals surface area contributed by atoms with E-state index in [1.807, 2.05) is 0 Å². The molecule has 96 valence electrons. The van der Waals surface area contributed by atoms with Crippen molar-refractivity contribution in [2.75, 3.05) is 18.5 Å². The lowest BCUT2D eigenvalue weighted by Crippen LogP contribution is -2.17. The van der Waals surface area contributed by atoms with Gasteiger partial charge in [0.25, 0.3) is 0 Å². The Labute approximate surface area is 102 Å². The number of carbonyl (C=O) groups excluding carboxylic acids is 1. The summed E-state index contributed by atoms with van der Waals surface area (Å²) >= 11 is 0. The van der Waals surface area contributed by atoms with Crippen LogP contribution in [0.3, 0.4) is 0 Å². The maximum Gasteiger partial charge on any atom is 0.222 e. The summed E-state index contributed by atoms with van der Waals surface area (Å²) in [5, 5.41) is 20.8. The van der Waals surface area contributed by atoms with Crippen LogP contribution in [0.15, 0.2) is 12.7 Å². The Bertz CT molecular complexity index is 564. The minimum Gasteiger partial charge on any atom is -0.394 e. The second-order valence-corrected chi connectivity index (χ2v) is 3.75. The van der Waals surface area contributed by atoms with Gasteiger partial charge >= 0.3 is 0 Å². The molecular formula is C10H13N5O3. The molecule has 3 N–H and O–H groups in total. The molecule has 0 bridgehead atoms. The van der Waals surface area contributed by atoms with Gasteiger partial charge in [0.15, 0.2) is 17.0 Å². The normalized spacial score (nSPS) is 11.1. The van der Waals surface area contributed by atoms with Crippen LogP contribution in [0, 0.1) is 0 Å². The highest BCUT2D eigenvalue weighted by Gasteiger charge is 2.16. The molecule has 0 saturated heterocycles. The zero-order valence-electron chi connectivity index (χ0n) is 9.74. The summed E-state index contributed by atoms with van der Waals surface area (Å²) in [6.45, 7) is 0.901. The molecule has 2 heterocycles. The van der Waals surface area contributed by atoms with Gasteiger partial charge in [-0.1, -0.05) is 0 Å². The standard InChI is InChI=1S/C10H13N5O3/c1-6(18)14-9-8-10(12-4-11-9)15(5-13-8)7(2-16)3-17/h4-5,7,16-17H,2-3H2,1H3,(H,11,12,14,18). The van der Waals surface area contributed by atoms with Crippen LogP contribution in [0.1, 0.15) is 13.0 Å². The van der Waals surface area contributed by atoms with Gasteiger partial charge in [-0.25, -0.2) is 15.0 Å². The number of amides is 1. The van der Waals surface area contributed by atoms with Crippen molar-refractivity contribution in [3.63, 3.8) is 0 Å². The first-order valence-corrected chi connectivity index (χ1v) is 5.34. The number of hydrogen-bond donors (Lipinski definition) is 3. The molecule has 0 aliphatic heterocycles. The zero-order valence-corrected chi connectivity index (χ0v) is 9.74. The van der Waals surface area contributed by atoms with Crippen LogP contribution in [0.2, 0.25) is 0 Å². The fourth-order valence-electron chi connectivity index (χ4n) is 1.61. The molecule has 0 unspecified atom stereocenters. The molecule has 2 aromatic heterocycles. The van der Waals surface area contributed by atoms with Crippen molar-refractivity contribution in [2.45, 2.75) is 13.0 Å². The van der Waals surface area contributed by atoms with Gasteiger partial charge in [-0.15, -0.1) is 0 Å². The summed E-state index contributed by atoms with van der Waals surface area (Å²) < 4.78 is 1.54. The highest BCUT2D eigenvalue weighted by atomic mass is 16.3. The fourth-order valence-corrected chi connectivity index (χ4v) is 1.61. The quantitative estimate of drug-likeness (QED) is 0.663. The van der Waals surface area contributed by atoms with Crippen LogP contribution >= 0.6 is 0 Å². The van der Waals surface area contributed by atoms with Crippen LogP contribution in [-0.2, 0) is 4.79 Å². The molecule has 0 aliphatic carbocycles. The molecule has 8 nitrogen and oxygen atoms in total. The molecule has 0 atom stereocenters. The van der Waals surface area contributed by atoms with Gasteiger partial charge < -0.3 is 20.1 Å². The van der Waals surface area contributed by atoms with E-state index in [9.17, 15) is 4.79 Å². The van der Waals surface area contributed by atoms with E-state index >= 15 is 0 Å². The second-order valence-electron chi connectivity index (χ2n) is 3.75. The third kappa shape index (κ3) is 2.15. The largest absolute Gasteiger partial charge is 0.394 e. The molecule has 2 rings (SSSR count). The molecule has 0 radical (unpaired) electrons. The monoisotopic (exact) mass is 251 g/mol. The summed E-state index contributed by atoms with van der Waals surface area (Å²) in [6.07, 6.45) is 2.74. The lowest BCUT2D eigenvalue weighted by Gasteiger charge is -2.12. The summed E-state index contributed by atoms with van der Waals surface area (Å²) in [4.78, 5) is 23.1. The first kappa shape index (κ1) is 12.4. The molecule has 1 amide bonds. The molecule has 8 heteroatoms. The predicted molar refractivity (Wildman–Crippen MR) is 62.8 cm³/mol. The molecule has 0 aromatic carbocycles. The number of fused-ring (bicyclic) bond motifs is 1. The van der Waals surface area contributed by atoms with E-state index in [0.29, 0.717) is 17.0 Å². The number of carbonyl (C=O) groups is 1. The minimum atomic E-state index is -0.518. The van der Waals surface area contributed by atoms with Crippen molar-refractivity contribution in [1.29, 1.82) is 0 Å². The van der Waals surface area contributed by atoms with Crippen molar-refractivity contribution >= 4 is 22.9 Å².